The second kappa shape index (κ2) is 15.3. The Morgan fingerprint density at radius 3 is 2.04 bits per heavy atom. The van der Waals surface area contributed by atoms with E-state index in [-0.39, 0.29) is 30.8 Å². The number of hydrogen-bond donors (Lipinski definition) is 0. The van der Waals surface area contributed by atoms with E-state index in [9.17, 15) is 19.2 Å². The Kier molecular flexibility index (Phi) is 12.0. The first-order valence-electron chi connectivity index (χ1n) is 17.5. The Labute approximate surface area is 296 Å². The largest absolute Gasteiger partial charge is 0.500 e. The zero-order valence-electron chi connectivity index (χ0n) is 31.0. The maximum atomic E-state index is 15.7. The van der Waals surface area contributed by atoms with Crippen molar-refractivity contribution in [3.05, 3.63) is 58.4 Å². The quantitative estimate of drug-likeness (QED) is 0.159. The van der Waals surface area contributed by atoms with Gasteiger partial charge in [0.1, 0.15) is 11.9 Å². The molecule has 7 atom stereocenters. The molecular weight excluding hydrogens is 660 g/mol. The van der Waals surface area contributed by atoms with E-state index >= 15 is 4.79 Å². The maximum Gasteiger partial charge on any atom is 0.338 e. The van der Waals surface area contributed by atoms with Gasteiger partial charge in [-0.05, 0) is 63.5 Å². The number of allylic oxidation sites excluding steroid dienone is 2. The Balaban J connectivity index is 2.14. The monoisotopic (exact) mass is 712 g/mol. The summed E-state index contributed by atoms with van der Waals surface area (Å²) in [5, 5.41) is 0. The van der Waals surface area contributed by atoms with E-state index in [1.54, 1.807) is 58.0 Å². The Morgan fingerprint density at radius 1 is 0.940 bits per heavy atom. The molecule has 0 bridgehead atoms. The van der Waals surface area contributed by atoms with Gasteiger partial charge in [0.2, 0.25) is 0 Å². The van der Waals surface area contributed by atoms with Crippen LogP contribution in [0, 0.1) is 11.3 Å². The van der Waals surface area contributed by atoms with Crippen LogP contribution in [0.5, 0.6) is 0 Å². The fourth-order valence-corrected chi connectivity index (χ4v) is 11.2. The summed E-state index contributed by atoms with van der Waals surface area (Å²) in [6.07, 6.45) is -4.91. The molecule has 0 spiro atoms. The average molecular weight is 713 g/mol. The van der Waals surface area contributed by atoms with Gasteiger partial charge in [-0.1, -0.05) is 44.5 Å². The summed E-state index contributed by atoms with van der Waals surface area (Å²) in [6, 6.07) is 10.5. The number of ketones is 2. The summed E-state index contributed by atoms with van der Waals surface area (Å²) in [6.45, 7) is 15.5. The number of Topliss-reactive ketones (excluding diaryl/α,β-unsaturated/α-hetero) is 2. The van der Waals surface area contributed by atoms with Gasteiger partial charge in [-0.25, -0.2) is 4.79 Å². The summed E-state index contributed by atoms with van der Waals surface area (Å²) < 4.78 is 37.3. The van der Waals surface area contributed by atoms with Crippen molar-refractivity contribution in [3.63, 3.8) is 0 Å². The lowest BCUT2D eigenvalue weighted by Crippen LogP contribution is -2.79. The van der Waals surface area contributed by atoms with Gasteiger partial charge >= 0.3 is 17.9 Å². The number of fused-ring (bicyclic) bond motifs is 3. The van der Waals surface area contributed by atoms with E-state index in [4.69, 9.17) is 28.1 Å². The zero-order valence-corrected chi connectivity index (χ0v) is 32.0. The zero-order chi connectivity index (χ0) is 37.2. The number of rotatable bonds is 10. The van der Waals surface area contributed by atoms with Crippen LogP contribution in [0.1, 0.15) is 85.5 Å². The molecule has 4 rings (SSSR count). The van der Waals surface area contributed by atoms with Crippen LogP contribution in [0.4, 0.5) is 0 Å². The molecule has 1 aromatic rings. The third-order valence-corrected chi connectivity index (χ3v) is 15.8. The van der Waals surface area contributed by atoms with Gasteiger partial charge in [-0.3, -0.25) is 19.2 Å². The molecule has 1 saturated carbocycles. The highest BCUT2D eigenvalue weighted by Crippen LogP contribution is 2.59. The minimum Gasteiger partial charge on any atom is -0.500 e. The van der Waals surface area contributed by atoms with Crippen molar-refractivity contribution >= 4 is 37.8 Å². The molecule has 11 nitrogen and oxygen atoms in total. The number of carbonyl (C=O) groups is 5. The van der Waals surface area contributed by atoms with Gasteiger partial charge in [0.15, 0.2) is 37.7 Å². The van der Waals surface area contributed by atoms with Crippen LogP contribution in [0.15, 0.2) is 52.8 Å². The van der Waals surface area contributed by atoms with Crippen molar-refractivity contribution in [1.82, 2.24) is 0 Å². The lowest BCUT2D eigenvalue weighted by molar-refractivity contribution is -0.326. The summed E-state index contributed by atoms with van der Waals surface area (Å²) in [4.78, 5) is 70.1. The molecule has 0 N–H and O–H groups in total. The standard InChI is InChI=1S/C38H52O11Si/c1-11-50(12-2,13-3)49-29-20-30-38(21-45-30,48-25(8)40)34-32(47-36(43)26-17-15-14-16-18-26)27(41)19-28(44-10)23(6)31(22(4)5)33(46-24(7)39)35(42)37(29,34)9/h14-18,29-30,32-34H,11-13,19-21H2,1-10H3/b28-23+/t29-,30+,32?,33+,34-,37+,38-/m0/s1. The predicted molar refractivity (Wildman–Crippen MR) is 186 cm³/mol. The van der Waals surface area contributed by atoms with Crippen LogP contribution >= 0.6 is 0 Å². The van der Waals surface area contributed by atoms with Crippen molar-refractivity contribution < 1.29 is 52.1 Å². The van der Waals surface area contributed by atoms with Crippen LogP contribution < -0.4 is 0 Å². The van der Waals surface area contributed by atoms with Crippen LogP contribution in [0.2, 0.25) is 18.1 Å². The van der Waals surface area contributed by atoms with Gasteiger partial charge in [-0.2, -0.15) is 0 Å². The van der Waals surface area contributed by atoms with Crippen LogP contribution in [0.25, 0.3) is 0 Å². The first-order valence-corrected chi connectivity index (χ1v) is 20.0. The molecule has 0 radical (unpaired) electrons. The number of benzene rings is 1. The molecule has 1 heterocycles. The SMILES string of the molecule is CC[Si](CC)(CC)O[C@H]1C[C@H]2OC[C@@]2(OC(C)=O)[C@H]2C(OC(=O)c3ccccc3)C(=O)C/C(OC)=C(/C)C(=C(C)C)[C@@H](OC(C)=O)C(=O)[C@]12C. The van der Waals surface area contributed by atoms with Crippen molar-refractivity contribution in [1.29, 1.82) is 0 Å². The van der Waals surface area contributed by atoms with E-state index in [1.165, 1.54) is 21.0 Å². The second-order valence-electron chi connectivity index (χ2n) is 14.0. The number of ether oxygens (including phenoxy) is 5. The molecule has 1 saturated heterocycles. The third-order valence-electron chi connectivity index (χ3n) is 11.1. The number of hydrogen-bond acceptors (Lipinski definition) is 11. The molecular formula is C38H52O11Si. The molecule has 50 heavy (non-hydrogen) atoms. The minimum atomic E-state index is -2.50. The maximum absolute atomic E-state index is 15.7. The first kappa shape index (κ1) is 39.2. The highest BCUT2D eigenvalue weighted by molar-refractivity contribution is 6.73. The molecule has 0 aromatic heterocycles. The van der Waals surface area contributed by atoms with Gasteiger partial charge in [0.05, 0.1) is 43.1 Å². The number of carbonyl (C=O) groups excluding carboxylic acids is 5. The molecule has 12 heteroatoms. The number of methoxy groups -OCH3 is 1. The molecule has 1 unspecified atom stereocenters. The highest BCUT2D eigenvalue weighted by Gasteiger charge is 2.74. The fourth-order valence-electron chi connectivity index (χ4n) is 8.22. The van der Waals surface area contributed by atoms with Gasteiger partial charge in [0.25, 0.3) is 0 Å². The van der Waals surface area contributed by atoms with Gasteiger partial charge in [-0.15, -0.1) is 0 Å². The molecule has 2 fully saturated rings. The van der Waals surface area contributed by atoms with Crippen molar-refractivity contribution in [2.45, 2.75) is 123 Å². The van der Waals surface area contributed by atoms with E-state index in [1.807, 2.05) is 0 Å². The van der Waals surface area contributed by atoms with Crippen LogP contribution in [0.3, 0.4) is 0 Å². The minimum absolute atomic E-state index is 0.151. The molecule has 274 valence electrons. The Hall–Kier alpha value is -3.61. The molecule has 3 aliphatic rings. The molecule has 0 amide bonds. The second-order valence-corrected chi connectivity index (χ2v) is 18.8. The van der Waals surface area contributed by atoms with Crippen molar-refractivity contribution in [2.24, 2.45) is 11.3 Å². The lowest BCUT2D eigenvalue weighted by Gasteiger charge is -2.64. The first-order chi connectivity index (χ1) is 23.5. The fraction of sp³-hybridized carbons (Fsp3) is 0.605. The summed E-state index contributed by atoms with van der Waals surface area (Å²) in [5.41, 5.74) is -1.57. The highest BCUT2D eigenvalue weighted by atomic mass is 28.4. The third kappa shape index (κ3) is 6.98. The summed E-state index contributed by atoms with van der Waals surface area (Å²) >= 11 is 0. The number of esters is 3. The Morgan fingerprint density at radius 2 is 1.56 bits per heavy atom. The van der Waals surface area contributed by atoms with Crippen LogP contribution in [-0.2, 0) is 47.3 Å². The van der Waals surface area contributed by atoms with Crippen molar-refractivity contribution in [3.8, 4) is 0 Å². The van der Waals surface area contributed by atoms with Crippen molar-refractivity contribution in [2.75, 3.05) is 13.7 Å². The smallest absolute Gasteiger partial charge is 0.338 e. The lowest BCUT2D eigenvalue weighted by atomic mass is 9.51. The average Bonchev–Trinajstić information content (AvgIpc) is 3.07. The van der Waals surface area contributed by atoms with Gasteiger partial charge in [0, 0.05) is 25.8 Å². The molecule has 1 aromatic carbocycles. The summed E-state index contributed by atoms with van der Waals surface area (Å²) in [5.74, 6) is -4.35. The normalized spacial score (nSPS) is 31.4. The van der Waals surface area contributed by atoms with E-state index in [0.717, 1.165) is 18.1 Å². The topological polar surface area (TPSA) is 141 Å². The van der Waals surface area contributed by atoms with E-state index < -0.39 is 79.1 Å². The van der Waals surface area contributed by atoms with Crippen LogP contribution in [-0.4, -0.2) is 81.5 Å². The van der Waals surface area contributed by atoms with E-state index in [2.05, 4.69) is 20.8 Å². The molecule has 1 aliphatic heterocycles. The van der Waals surface area contributed by atoms with E-state index in [0.29, 0.717) is 16.7 Å². The Bertz CT molecular complexity index is 1550. The van der Waals surface area contributed by atoms with Gasteiger partial charge < -0.3 is 28.1 Å². The summed E-state index contributed by atoms with van der Waals surface area (Å²) in [7, 11) is -1.09. The molecule has 2 aliphatic carbocycles. The predicted octanol–water partition coefficient (Wildman–Crippen LogP) is 6.06.